The van der Waals surface area contributed by atoms with Crippen molar-refractivity contribution >= 4 is 5.91 Å². The van der Waals surface area contributed by atoms with Gasteiger partial charge in [0.2, 0.25) is 5.91 Å². The molecule has 2 aromatic carbocycles. The van der Waals surface area contributed by atoms with Crippen molar-refractivity contribution in [2.24, 2.45) is 0 Å². The number of hydrogen-bond acceptors (Lipinski definition) is 3. The largest absolute Gasteiger partial charge is 0.497 e. The fraction of sp³-hybridized carbons (Fsp3) is 0.409. The summed E-state index contributed by atoms with van der Waals surface area (Å²) in [7, 11) is 5.75. The van der Waals surface area contributed by atoms with E-state index >= 15 is 0 Å². The van der Waals surface area contributed by atoms with Crippen LogP contribution in [0, 0.1) is 0 Å². The first-order valence-electron chi connectivity index (χ1n) is 9.21. The quantitative estimate of drug-likeness (QED) is 0.660. The Labute approximate surface area is 157 Å². The standard InChI is InChI=1S/C22H30N2O2/c1-24(2)21(19-10-5-4-6-11-19)17-23-22(25)12-8-7-9-18-13-15-20(26-3)16-14-18/h4-6,10-11,13-16,21H,7-9,12,17H2,1-3H3,(H,23,25). The third-order valence-corrected chi connectivity index (χ3v) is 4.58. The summed E-state index contributed by atoms with van der Waals surface area (Å²) in [6.07, 6.45) is 3.47. The van der Waals surface area contributed by atoms with Crippen LogP contribution in [0.2, 0.25) is 0 Å². The number of hydrogen-bond donors (Lipinski definition) is 1. The molecule has 2 aromatic rings. The molecule has 0 heterocycles. The van der Waals surface area contributed by atoms with Crippen LogP contribution in [-0.4, -0.2) is 38.6 Å². The van der Waals surface area contributed by atoms with Gasteiger partial charge in [0.15, 0.2) is 0 Å². The van der Waals surface area contributed by atoms with Gasteiger partial charge in [-0.25, -0.2) is 0 Å². The number of carbonyl (C=O) groups excluding carboxylic acids is 1. The zero-order valence-corrected chi connectivity index (χ0v) is 16.1. The van der Waals surface area contributed by atoms with Crippen LogP contribution in [0.15, 0.2) is 54.6 Å². The maximum Gasteiger partial charge on any atom is 0.220 e. The molecule has 4 nitrogen and oxygen atoms in total. The first-order chi connectivity index (χ1) is 12.6. The molecule has 0 spiro atoms. The highest BCUT2D eigenvalue weighted by Crippen LogP contribution is 2.17. The van der Waals surface area contributed by atoms with Gasteiger partial charge in [-0.2, -0.15) is 0 Å². The third-order valence-electron chi connectivity index (χ3n) is 4.58. The van der Waals surface area contributed by atoms with Crippen molar-refractivity contribution in [2.45, 2.75) is 31.7 Å². The van der Waals surface area contributed by atoms with E-state index in [4.69, 9.17) is 4.74 Å². The summed E-state index contributed by atoms with van der Waals surface area (Å²) in [6, 6.07) is 18.6. The van der Waals surface area contributed by atoms with Crippen LogP contribution in [-0.2, 0) is 11.2 Å². The molecule has 140 valence electrons. The lowest BCUT2D eigenvalue weighted by Gasteiger charge is -2.25. The summed E-state index contributed by atoms with van der Waals surface area (Å²) in [5, 5.41) is 3.08. The summed E-state index contributed by atoms with van der Waals surface area (Å²) in [4.78, 5) is 14.3. The minimum absolute atomic E-state index is 0.127. The van der Waals surface area contributed by atoms with Crippen molar-refractivity contribution in [2.75, 3.05) is 27.7 Å². The molecule has 0 saturated heterocycles. The molecule has 2 rings (SSSR count). The van der Waals surface area contributed by atoms with Crippen molar-refractivity contribution < 1.29 is 9.53 Å². The zero-order chi connectivity index (χ0) is 18.8. The molecule has 1 unspecified atom stereocenters. The Morgan fingerprint density at radius 3 is 2.35 bits per heavy atom. The molecule has 0 aliphatic carbocycles. The van der Waals surface area contributed by atoms with Crippen LogP contribution in [0.4, 0.5) is 0 Å². The first kappa shape index (κ1) is 20.0. The Bertz CT molecular complexity index is 654. The molecule has 0 bridgehead atoms. The lowest BCUT2D eigenvalue weighted by atomic mass is 10.1. The number of nitrogens with zero attached hydrogens (tertiary/aromatic N) is 1. The predicted octanol–water partition coefficient (Wildman–Crippen LogP) is 3.83. The lowest BCUT2D eigenvalue weighted by Crippen LogP contribution is -2.34. The van der Waals surface area contributed by atoms with Crippen molar-refractivity contribution in [3.05, 3.63) is 65.7 Å². The molecule has 4 heteroatoms. The van der Waals surface area contributed by atoms with E-state index in [1.807, 2.05) is 44.4 Å². The van der Waals surface area contributed by atoms with Crippen LogP contribution < -0.4 is 10.1 Å². The van der Waals surface area contributed by atoms with Gasteiger partial charge in [-0.15, -0.1) is 0 Å². The van der Waals surface area contributed by atoms with Crippen LogP contribution in [0.1, 0.15) is 36.4 Å². The fourth-order valence-electron chi connectivity index (χ4n) is 2.98. The summed E-state index contributed by atoms with van der Waals surface area (Å²) < 4.78 is 5.16. The number of benzene rings is 2. The molecule has 1 N–H and O–H groups in total. The Hall–Kier alpha value is -2.33. The summed E-state index contributed by atoms with van der Waals surface area (Å²) >= 11 is 0. The van der Waals surface area contributed by atoms with Crippen LogP contribution in [0.5, 0.6) is 5.75 Å². The van der Waals surface area contributed by atoms with E-state index in [1.54, 1.807) is 7.11 Å². The molecule has 1 amide bonds. The monoisotopic (exact) mass is 354 g/mol. The van der Waals surface area contributed by atoms with Gasteiger partial charge in [0.05, 0.1) is 13.2 Å². The van der Waals surface area contributed by atoms with Gasteiger partial charge in [-0.05, 0) is 56.6 Å². The van der Waals surface area contributed by atoms with Crippen molar-refractivity contribution in [3.8, 4) is 5.75 Å². The Kier molecular flexibility index (Phi) is 8.16. The number of aryl methyl sites for hydroxylation is 1. The van der Waals surface area contributed by atoms with Gasteiger partial charge in [0.1, 0.15) is 5.75 Å². The van der Waals surface area contributed by atoms with E-state index in [1.165, 1.54) is 11.1 Å². The first-order valence-corrected chi connectivity index (χ1v) is 9.21. The highest BCUT2D eigenvalue weighted by atomic mass is 16.5. The molecule has 0 radical (unpaired) electrons. The normalized spacial score (nSPS) is 12.0. The number of likely N-dealkylation sites (N-methyl/N-ethyl adjacent to an activating group) is 1. The van der Waals surface area contributed by atoms with E-state index in [-0.39, 0.29) is 11.9 Å². The highest BCUT2D eigenvalue weighted by molar-refractivity contribution is 5.75. The van der Waals surface area contributed by atoms with Gasteiger partial charge in [-0.3, -0.25) is 4.79 Å². The van der Waals surface area contributed by atoms with Gasteiger partial charge in [0.25, 0.3) is 0 Å². The minimum atomic E-state index is 0.127. The van der Waals surface area contributed by atoms with Crippen molar-refractivity contribution in [1.82, 2.24) is 10.2 Å². The predicted molar refractivity (Wildman–Crippen MR) is 106 cm³/mol. The van der Waals surface area contributed by atoms with E-state index in [9.17, 15) is 4.79 Å². The third kappa shape index (κ3) is 6.52. The second-order valence-electron chi connectivity index (χ2n) is 6.75. The maximum atomic E-state index is 12.2. The topological polar surface area (TPSA) is 41.6 Å². The average Bonchev–Trinajstić information content (AvgIpc) is 2.66. The number of carbonyl (C=O) groups is 1. The molecule has 0 aliphatic rings. The summed E-state index contributed by atoms with van der Waals surface area (Å²) in [5.41, 5.74) is 2.50. The highest BCUT2D eigenvalue weighted by Gasteiger charge is 2.14. The SMILES string of the molecule is COc1ccc(CCCCC(=O)NCC(c2ccccc2)N(C)C)cc1. The minimum Gasteiger partial charge on any atom is -0.497 e. The molecular weight excluding hydrogens is 324 g/mol. The van der Waals surface area contributed by atoms with Gasteiger partial charge >= 0.3 is 0 Å². The van der Waals surface area contributed by atoms with Gasteiger partial charge < -0.3 is 15.0 Å². The molecule has 0 saturated carbocycles. The summed E-state index contributed by atoms with van der Waals surface area (Å²) in [6.45, 7) is 0.633. The fourth-order valence-corrected chi connectivity index (χ4v) is 2.98. The van der Waals surface area contributed by atoms with Gasteiger partial charge in [-0.1, -0.05) is 42.5 Å². The van der Waals surface area contributed by atoms with E-state index in [2.05, 4.69) is 34.5 Å². The van der Waals surface area contributed by atoms with Crippen molar-refractivity contribution in [3.63, 3.8) is 0 Å². The second-order valence-corrected chi connectivity index (χ2v) is 6.75. The summed E-state index contributed by atoms with van der Waals surface area (Å²) in [5.74, 6) is 1.00. The van der Waals surface area contributed by atoms with Crippen molar-refractivity contribution in [1.29, 1.82) is 0 Å². The molecular formula is C22H30N2O2. The molecule has 1 atom stereocenters. The lowest BCUT2D eigenvalue weighted by molar-refractivity contribution is -0.121. The average molecular weight is 354 g/mol. The smallest absolute Gasteiger partial charge is 0.220 e. The molecule has 0 aliphatic heterocycles. The molecule has 0 fully saturated rings. The second kappa shape index (κ2) is 10.6. The van der Waals surface area contributed by atoms with Crippen LogP contribution in [0.3, 0.4) is 0 Å². The number of ether oxygens (including phenoxy) is 1. The van der Waals surface area contributed by atoms with E-state index < -0.39 is 0 Å². The number of unbranched alkanes of at least 4 members (excludes halogenated alkanes) is 1. The number of nitrogens with one attached hydrogen (secondary N) is 1. The van der Waals surface area contributed by atoms with Crippen LogP contribution >= 0.6 is 0 Å². The Morgan fingerprint density at radius 1 is 1.04 bits per heavy atom. The van der Waals surface area contributed by atoms with Gasteiger partial charge in [0, 0.05) is 13.0 Å². The Balaban J connectivity index is 1.69. The van der Waals surface area contributed by atoms with Crippen LogP contribution in [0.25, 0.3) is 0 Å². The Morgan fingerprint density at radius 2 is 1.73 bits per heavy atom. The molecule has 0 aromatic heterocycles. The van der Waals surface area contributed by atoms with E-state index in [0.717, 1.165) is 25.0 Å². The number of amides is 1. The maximum absolute atomic E-state index is 12.2. The number of methoxy groups -OCH3 is 1. The zero-order valence-electron chi connectivity index (χ0n) is 16.1. The van der Waals surface area contributed by atoms with E-state index in [0.29, 0.717) is 13.0 Å². The molecule has 26 heavy (non-hydrogen) atoms. The number of rotatable bonds is 10.